The van der Waals surface area contributed by atoms with Crippen molar-refractivity contribution in [3.63, 3.8) is 0 Å². The lowest BCUT2D eigenvalue weighted by atomic mass is 9.92. The maximum Gasteiger partial charge on any atom is 0.0488 e. The van der Waals surface area contributed by atoms with Crippen molar-refractivity contribution < 1.29 is 4.74 Å². The molecule has 1 aliphatic rings. The number of hydrogen-bond acceptors (Lipinski definition) is 2. The molecule has 0 aliphatic carbocycles. The highest BCUT2D eigenvalue weighted by molar-refractivity contribution is 9.10. The highest BCUT2D eigenvalue weighted by Crippen LogP contribution is 2.43. The minimum absolute atomic E-state index is 0.449. The van der Waals surface area contributed by atoms with Crippen molar-refractivity contribution in [3.8, 4) is 0 Å². The van der Waals surface area contributed by atoms with Crippen molar-refractivity contribution in [3.05, 3.63) is 33.6 Å². The van der Waals surface area contributed by atoms with Crippen molar-refractivity contribution in [2.75, 3.05) is 13.2 Å². The van der Waals surface area contributed by atoms with Crippen LogP contribution >= 0.6 is 43.2 Å². The first-order valence-corrected chi connectivity index (χ1v) is 8.73. The fourth-order valence-corrected chi connectivity index (χ4v) is 5.26. The van der Waals surface area contributed by atoms with Gasteiger partial charge in [0.2, 0.25) is 0 Å². The molecule has 3 rings (SSSR count). The van der Waals surface area contributed by atoms with Crippen LogP contribution in [0.4, 0.5) is 0 Å². The van der Waals surface area contributed by atoms with E-state index in [1.165, 1.54) is 20.1 Å². The molecule has 1 aromatic carbocycles. The second-order valence-corrected chi connectivity index (χ2v) is 7.38. The fraction of sp³-hybridized carbons (Fsp3) is 0.429. The van der Waals surface area contributed by atoms with Crippen LogP contribution in [0.15, 0.2) is 28.1 Å². The minimum atomic E-state index is 0.449. The first kappa shape index (κ1) is 13.1. The monoisotopic (exact) mass is 388 g/mol. The van der Waals surface area contributed by atoms with E-state index < -0.39 is 0 Å². The number of thiophene rings is 1. The van der Waals surface area contributed by atoms with Gasteiger partial charge in [0.1, 0.15) is 0 Å². The van der Waals surface area contributed by atoms with E-state index in [4.69, 9.17) is 4.74 Å². The second-order valence-electron chi connectivity index (χ2n) is 4.66. The number of ether oxygens (including phenoxy) is 1. The van der Waals surface area contributed by atoms with Crippen molar-refractivity contribution >= 4 is 53.3 Å². The molecule has 0 amide bonds. The van der Waals surface area contributed by atoms with Crippen LogP contribution in [0.5, 0.6) is 0 Å². The molecule has 0 N–H and O–H groups in total. The summed E-state index contributed by atoms with van der Waals surface area (Å²) < 4.78 is 8.00. The zero-order chi connectivity index (χ0) is 12.5. The molecule has 1 aromatic heterocycles. The van der Waals surface area contributed by atoms with Gasteiger partial charge in [0.15, 0.2) is 0 Å². The number of halogens is 2. The predicted octanol–water partition coefficient (Wildman–Crippen LogP) is 5.53. The number of rotatable bonds is 2. The molecule has 0 saturated carbocycles. The first-order chi connectivity index (χ1) is 8.77. The fourth-order valence-electron chi connectivity index (χ4n) is 2.52. The third-order valence-electron chi connectivity index (χ3n) is 3.56. The van der Waals surface area contributed by atoms with Crippen molar-refractivity contribution in [2.45, 2.75) is 17.7 Å². The van der Waals surface area contributed by atoms with Crippen LogP contribution in [0.1, 0.15) is 23.2 Å². The van der Waals surface area contributed by atoms with Crippen LogP contribution in [0, 0.1) is 5.92 Å². The van der Waals surface area contributed by atoms with Gasteiger partial charge < -0.3 is 4.74 Å². The van der Waals surface area contributed by atoms with Crippen LogP contribution in [-0.2, 0) is 4.74 Å². The zero-order valence-corrected chi connectivity index (χ0v) is 13.9. The molecule has 96 valence electrons. The Morgan fingerprint density at radius 1 is 1.28 bits per heavy atom. The van der Waals surface area contributed by atoms with Gasteiger partial charge in [-0.05, 0) is 57.1 Å². The van der Waals surface area contributed by atoms with E-state index >= 15 is 0 Å². The predicted molar refractivity (Wildman–Crippen MR) is 84.7 cm³/mol. The zero-order valence-electron chi connectivity index (χ0n) is 9.86. The van der Waals surface area contributed by atoms with Crippen LogP contribution in [-0.4, -0.2) is 13.2 Å². The van der Waals surface area contributed by atoms with Gasteiger partial charge in [-0.25, -0.2) is 0 Å². The van der Waals surface area contributed by atoms with Gasteiger partial charge in [0.25, 0.3) is 0 Å². The molecule has 1 saturated heterocycles. The average molecular weight is 390 g/mol. The Morgan fingerprint density at radius 3 is 2.83 bits per heavy atom. The van der Waals surface area contributed by atoms with E-state index in [1.54, 1.807) is 0 Å². The van der Waals surface area contributed by atoms with Gasteiger partial charge in [0, 0.05) is 27.2 Å². The Bertz CT molecular complexity index is 546. The van der Waals surface area contributed by atoms with Gasteiger partial charge in [-0.3, -0.25) is 0 Å². The van der Waals surface area contributed by atoms with E-state index in [2.05, 4.69) is 55.4 Å². The maximum absolute atomic E-state index is 5.45. The lowest BCUT2D eigenvalue weighted by Gasteiger charge is -2.26. The maximum atomic E-state index is 5.45. The molecular formula is C14H14Br2OS. The van der Waals surface area contributed by atoms with Crippen LogP contribution in [0.3, 0.4) is 0 Å². The van der Waals surface area contributed by atoms with Crippen molar-refractivity contribution in [2.24, 2.45) is 5.92 Å². The largest absolute Gasteiger partial charge is 0.381 e. The van der Waals surface area contributed by atoms with Gasteiger partial charge in [-0.1, -0.05) is 28.1 Å². The summed E-state index contributed by atoms with van der Waals surface area (Å²) in [7, 11) is 0. The van der Waals surface area contributed by atoms with Crippen LogP contribution in [0.25, 0.3) is 10.1 Å². The van der Waals surface area contributed by atoms with Crippen molar-refractivity contribution in [1.29, 1.82) is 0 Å². The summed E-state index contributed by atoms with van der Waals surface area (Å²) in [5.74, 6) is 0.690. The van der Waals surface area contributed by atoms with E-state index in [0.29, 0.717) is 10.7 Å². The average Bonchev–Trinajstić information content (AvgIpc) is 2.84. The number of alkyl halides is 1. The molecule has 1 fully saturated rings. The Labute approximate surface area is 128 Å². The third kappa shape index (κ3) is 2.40. The van der Waals surface area contributed by atoms with E-state index in [-0.39, 0.29) is 0 Å². The number of hydrogen-bond donors (Lipinski definition) is 0. The highest BCUT2D eigenvalue weighted by Gasteiger charge is 2.25. The molecule has 1 atom stereocenters. The lowest BCUT2D eigenvalue weighted by molar-refractivity contribution is 0.0663. The molecule has 0 spiro atoms. The molecule has 18 heavy (non-hydrogen) atoms. The van der Waals surface area contributed by atoms with E-state index in [1.807, 2.05) is 11.3 Å². The Morgan fingerprint density at radius 2 is 2.06 bits per heavy atom. The van der Waals surface area contributed by atoms with E-state index in [0.717, 1.165) is 26.1 Å². The summed E-state index contributed by atoms with van der Waals surface area (Å²) in [6.45, 7) is 1.80. The molecule has 1 unspecified atom stereocenters. The van der Waals surface area contributed by atoms with Crippen LogP contribution in [0.2, 0.25) is 0 Å². The third-order valence-corrected chi connectivity index (χ3v) is 6.77. The summed E-state index contributed by atoms with van der Waals surface area (Å²) >= 11 is 9.36. The second kappa shape index (κ2) is 5.61. The van der Waals surface area contributed by atoms with Gasteiger partial charge in [-0.2, -0.15) is 0 Å². The number of fused-ring (bicyclic) bond motifs is 1. The van der Waals surface area contributed by atoms with Gasteiger partial charge in [0.05, 0.1) is 0 Å². The summed E-state index contributed by atoms with van der Waals surface area (Å²) in [6, 6.07) is 6.45. The van der Waals surface area contributed by atoms with E-state index in [9.17, 15) is 0 Å². The molecule has 2 aromatic rings. The quantitative estimate of drug-likeness (QED) is 0.613. The normalized spacial score (nSPS) is 19.2. The topological polar surface area (TPSA) is 9.23 Å². The summed E-state index contributed by atoms with van der Waals surface area (Å²) in [6.07, 6.45) is 2.31. The molecular weight excluding hydrogens is 376 g/mol. The summed E-state index contributed by atoms with van der Waals surface area (Å²) in [5, 5.41) is 3.67. The van der Waals surface area contributed by atoms with Gasteiger partial charge in [-0.15, -0.1) is 11.3 Å². The highest BCUT2D eigenvalue weighted by atomic mass is 79.9. The minimum Gasteiger partial charge on any atom is -0.381 e. The molecule has 0 radical (unpaired) electrons. The van der Waals surface area contributed by atoms with Gasteiger partial charge >= 0.3 is 0 Å². The molecule has 2 heterocycles. The Kier molecular flexibility index (Phi) is 4.09. The molecule has 4 heteroatoms. The smallest absolute Gasteiger partial charge is 0.0488 e. The SMILES string of the molecule is Brc1cccc2c(C(Br)C3CCOCC3)csc12. The molecule has 1 nitrogen and oxygen atoms in total. The summed E-state index contributed by atoms with van der Waals surface area (Å²) in [5.41, 5.74) is 1.43. The summed E-state index contributed by atoms with van der Waals surface area (Å²) in [4.78, 5) is 0.449. The molecule has 0 bridgehead atoms. The number of benzene rings is 1. The van der Waals surface area contributed by atoms with Crippen LogP contribution < -0.4 is 0 Å². The molecule has 1 aliphatic heterocycles. The Balaban J connectivity index is 1.96. The first-order valence-electron chi connectivity index (χ1n) is 6.15. The standard InChI is InChI=1S/C14H14Br2OS/c15-12-3-1-2-10-11(8-18-14(10)12)13(16)9-4-6-17-7-5-9/h1-3,8-9,13H,4-7H2. The lowest BCUT2D eigenvalue weighted by Crippen LogP contribution is -2.19. The Hall–Kier alpha value is 0.1000. The van der Waals surface area contributed by atoms with Crippen molar-refractivity contribution in [1.82, 2.24) is 0 Å².